The first-order chi connectivity index (χ1) is 5.88. The molecule has 3 nitrogen and oxygen atoms in total. The molecule has 5 heteroatoms. The number of rotatable bonds is 1. The molecule has 0 amide bonds. The number of nitrogens with zero attached hydrogens (tertiary/aromatic N) is 3. The highest BCUT2D eigenvalue weighted by molar-refractivity contribution is 8.02. The molecule has 2 rings (SSSR count). The topological polar surface area (TPSA) is 37.1 Å². The molecule has 0 bridgehead atoms. The van der Waals surface area contributed by atoms with Gasteiger partial charge in [0.1, 0.15) is 5.71 Å². The van der Waals surface area contributed by atoms with Crippen LogP contribution in [0.1, 0.15) is 0 Å². The summed E-state index contributed by atoms with van der Waals surface area (Å²) in [6, 6.07) is 0. The van der Waals surface area contributed by atoms with Gasteiger partial charge in [-0.1, -0.05) is 24.4 Å². The second kappa shape index (κ2) is 3.28. The molecular formula is C7H5N3S2. The minimum Gasteiger partial charge on any atom is -0.129 e. The van der Waals surface area contributed by atoms with Crippen molar-refractivity contribution in [2.45, 2.75) is 0 Å². The standard InChI is InChI=1S/C7H5N3S2/c11-7-6(8-10-9-7)5-2-1-3-12-4-5/h1-2,4H,3H2. The van der Waals surface area contributed by atoms with Gasteiger partial charge >= 0.3 is 0 Å². The van der Waals surface area contributed by atoms with E-state index in [9.17, 15) is 0 Å². The van der Waals surface area contributed by atoms with Gasteiger partial charge in [-0.2, -0.15) is 0 Å². The van der Waals surface area contributed by atoms with Crippen LogP contribution < -0.4 is 0 Å². The van der Waals surface area contributed by atoms with Crippen molar-refractivity contribution in [1.82, 2.24) is 0 Å². The Kier molecular flexibility index (Phi) is 2.14. The van der Waals surface area contributed by atoms with E-state index < -0.39 is 0 Å². The summed E-state index contributed by atoms with van der Waals surface area (Å²) in [5, 5.41) is 13.0. The zero-order valence-corrected chi connectivity index (χ0v) is 7.73. The van der Waals surface area contributed by atoms with Gasteiger partial charge < -0.3 is 0 Å². The van der Waals surface area contributed by atoms with Crippen LogP contribution in [0.5, 0.6) is 0 Å². The molecule has 0 fully saturated rings. The van der Waals surface area contributed by atoms with Crippen LogP contribution in [0.15, 0.2) is 38.6 Å². The Morgan fingerprint density at radius 1 is 1.50 bits per heavy atom. The molecule has 0 N–H and O–H groups in total. The minimum absolute atomic E-state index is 0.480. The first-order valence-electron chi connectivity index (χ1n) is 3.39. The van der Waals surface area contributed by atoms with Gasteiger partial charge in [-0.25, -0.2) is 0 Å². The van der Waals surface area contributed by atoms with E-state index in [4.69, 9.17) is 12.2 Å². The van der Waals surface area contributed by atoms with Crippen molar-refractivity contribution in [3.8, 4) is 0 Å². The highest BCUT2D eigenvalue weighted by atomic mass is 32.2. The molecule has 60 valence electrons. The van der Waals surface area contributed by atoms with E-state index in [1.165, 1.54) is 0 Å². The summed E-state index contributed by atoms with van der Waals surface area (Å²) in [4.78, 5) is 0.480. The summed E-state index contributed by atoms with van der Waals surface area (Å²) in [6.07, 6.45) is 4.07. The third kappa shape index (κ3) is 1.37. The molecule has 0 aliphatic carbocycles. The Morgan fingerprint density at radius 2 is 2.42 bits per heavy atom. The lowest BCUT2D eigenvalue weighted by molar-refractivity contribution is 1.13. The van der Waals surface area contributed by atoms with Gasteiger partial charge in [-0.3, -0.25) is 0 Å². The Bertz CT molecular complexity index is 339. The normalized spacial score (nSPS) is 21.2. The molecule has 0 radical (unpaired) electrons. The van der Waals surface area contributed by atoms with Crippen LogP contribution in [0.2, 0.25) is 0 Å². The number of thioether (sulfide) groups is 1. The van der Waals surface area contributed by atoms with Gasteiger partial charge in [0, 0.05) is 11.3 Å². The minimum atomic E-state index is 0.480. The van der Waals surface area contributed by atoms with Crippen LogP contribution in [-0.4, -0.2) is 16.5 Å². The lowest BCUT2D eigenvalue weighted by Gasteiger charge is -2.03. The first-order valence-corrected chi connectivity index (χ1v) is 4.85. The van der Waals surface area contributed by atoms with Crippen LogP contribution >= 0.6 is 24.0 Å². The fourth-order valence-electron chi connectivity index (χ4n) is 0.922. The van der Waals surface area contributed by atoms with E-state index in [0.29, 0.717) is 10.7 Å². The van der Waals surface area contributed by atoms with E-state index in [0.717, 1.165) is 11.3 Å². The molecule has 0 atom stereocenters. The van der Waals surface area contributed by atoms with Gasteiger partial charge in [0.05, 0.1) is 0 Å². The van der Waals surface area contributed by atoms with Crippen molar-refractivity contribution in [3.63, 3.8) is 0 Å². The van der Waals surface area contributed by atoms with E-state index in [2.05, 4.69) is 21.5 Å². The number of hydrogen-bond donors (Lipinski definition) is 0. The second-order valence-electron chi connectivity index (χ2n) is 2.25. The SMILES string of the molecule is S=C1N=NN=C1C1=CSCC=C1. The van der Waals surface area contributed by atoms with Crippen LogP contribution in [-0.2, 0) is 0 Å². The molecular weight excluding hydrogens is 190 g/mol. The van der Waals surface area contributed by atoms with Crippen LogP contribution in [0.3, 0.4) is 0 Å². The maximum Gasteiger partial charge on any atom is 0.178 e. The molecule has 2 heterocycles. The lowest BCUT2D eigenvalue weighted by Crippen LogP contribution is -2.08. The maximum atomic E-state index is 4.95. The largest absolute Gasteiger partial charge is 0.178 e. The predicted molar refractivity (Wildman–Crippen MR) is 54.6 cm³/mol. The molecule has 0 aromatic heterocycles. The quantitative estimate of drug-likeness (QED) is 0.602. The predicted octanol–water partition coefficient (Wildman–Crippen LogP) is 2.32. The molecule has 0 saturated heterocycles. The summed E-state index contributed by atoms with van der Waals surface area (Å²) >= 11 is 6.67. The summed E-state index contributed by atoms with van der Waals surface area (Å²) in [5.74, 6) is 1.01. The Hall–Kier alpha value is -0.810. The number of thiocarbonyl (C=S) groups is 1. The Morgan fingerprint density at radius 3 is 3.00 bits per heavy atom. The second-order valence-corrected chi connectivity index (χ2v) is 3.54. The third-order valence-corrected chi connectivity index (χ3v) is 2.54. The highest BCUT2D eigenvalue weighted by Gasteiger charge is 2.15. The molecule has 2 aliphatic heterocycles. The van der Waals surface area contributed by atoms with Gasteiger partial charge in [0.25, 0.3) is 0 Å². The average Bonchev–Trinajstić information content (AvgIpc) is 2.53. The van der Waals surface area contributed by atoms with E-state index >= 15 is 0 Å². The summed E-state index contributed by atoms with van der Waals surface area (Å²) in [6.45, 7) is 0. The summed E-state index contributed by atoms with van der Waals surface area (Å²) < 4.78 is 0. The Labute approximate surface area is 79.3 Å². The molecule has 0 saturated carbocycles. The molecule has 0 spiro atoms. The maximum absolute atomic E-state index is 4.95. The van der Waals surface area contributed by atoms with Crippen LogP contribution in [0.25, 0.3) is 0 Å². The lowest BCUT2D eigenvalue weighted by atomic mass is 10.1. The molecule has 0 unspecified atom stereocenters. The molecule has 0 aromatic carbocycles. The fraction of sp³-hybridized carbons (Fsp3) is 0.143. The summed E-state index contributed by atoms with van der Waals surface area (Å²) in [7, 11) is 0. The third-order valence-electron chi connectivity index (χ3n) is 1.46. The van der Waals surface area contributed by atoms with Crippen LogP contribution in [0, 0.1) is 0 Å². The van der Waals surface area contributed by atoms with Gasteiger partial charge in [0.15, 0.2) is 4.99 Å². The van der Waals surface area contributed by atoms with Crippen molar-refractivity contribution < 1.29 is 0 Å². The molecule has 2 aliphatic rings. The van der Waals surface area contributed by atoms with E-state index in [1.54, 1.807) is 11.8 Å². The fourth-order valence-corrected chi connectivity index (χ4v) is 1.79. The van der Waals surface area contributed by atoms with Crippen molar-refractivity contribution in [2.75, 3.05) is 5.75 Å². The zero-order valence-electron chi connectivity index (χ0n) is 6.10. The van der Waals surface area contributed by atoms with Gasteiger partial charge in [-0.05, 0) is 10.6 Å². The molecule has 12 heavy (non-hydrogen) atoms. The van der Waals surface area contributed by atoms with Crippen LogP contribution in [0.4, 0.5) is 0 Å². The summed E-state index contributed by atoms with van der Waals surface area (Å²) in [5.41, 5.74) is 1.73. The first kappa shape index (κ1) is 7.82. The van der Waals surface area contributed by atoms with Gasteiger partial charge in [-0.15, -0.1) is 22.0 Å². The van der Waals surface area contributed by atoms with E-state index in [1.807, 2.05) is 11.5 Å². The van der Waals surface area contributed by atoms with Crippen molar-refractivity contribution in [3.05, 3.63) is 23.1 Å². The van der Waals surface area contributed by atoms with Crippen molar-refractivity contribution in [2.24, 2.45) is 15.4 Å². The smallest absolute Gasteiger partial charge is 0.129 e. The van der Waals surface area contributed by atoms with E-state index in [-0.39, 0.29) is 0 Å². The van der Waals surface area contributed by atoms with Crippen molar-refractivity contribution >= 4 is 34.7 Å². The van der Waals surface area contributed by atoms with Gasteiger partial charge in [0.2, 0.25) is 0 Å². The molecule has 0 aromatic rings. The Balaban J connectivity index is 2.26. The highest BCUT2D eigenvalue weighted by Crippen LogP contribution is 2.19. The number of allylic oxidation sites excluding steroid dienone is 1. The zero-order chi connectivity index (χ0) is 8.39. The average molecular weight is 195 g/mol. The monoisotopic (exact) mass is 195 g/mol. The number of hydrogen-bond acceptors (Lipinski definition) is 4. The van der Waals surface area contributed by atoms with Crippen molar-refractivity contribution in [1.29, 1.82) is 0 Å².